The second-order valence-electron chi connectivity index (χ2n) is 5.11. The number of rotatable bonds is 4. The second kappa shape index (κ2) is 8.58. The monoisotopic (exact) mass is 268 g/mol. The standard InChI is InChI=1S/C18H22.C2H6/c1-4-8-18(16-11-7-9-14(2)13-16)17-12-6-5-10-15(17)3;1-2/h5-7,9-13,18H,4,8H2,1-3H3;1-2H3. The van der Waals surface area contributed by atoms with Crippen LogP contribution >= 0.6 is 0 Å². The third-order valence-electron chi connectivity index (χ3n) is 3.59. The Bertz CT molecular complexity index is 511. The molecule has 0 aliphatic carbocycles. The van der Waals surface area contributed by atoms with E-state index in [0.717, 1.165) is 0 Å². The van der Waals surface area contributed by atoms with E-state index in [1.165, 1.54) is 35.1 Å². The van der Waals surface area contributed by atoms with E-state index in [9.17, 15) is 0 Å². The van der Waals surface area contributed by atoms with Gasteiger partial charge in [0.1, 0.15) is 0 Å². The Hall–Kier alpha value is -1.56. The maximum atomic E-state index is 2.33. The smallest absolute Gasteiger partial charge is 0.00919 e. The van der Waals surface area contributed by atoms with Crippen LogP contribution in [-0.4, -0.2) is 0 Å². The second-order valence-corrected chi connectivity index (χ2v) is 5.11. The molecule has 1 atom stereocenters. The highest BCUT2D eigenvalue weighted by Gasteiger charge is 2.14. The lowest BCUT2D eigenvalue weighted by Crippen LogP contribution is -2.03. The predicted octanol–water partition coefficient (Wildman–Crippen LogP) is 6.26. The lowest BCUT2D eigenvalue weighted by molar-refractivity contribution is 0.694. The molecule has 0 amide bonds. The molecule has 0 fully saturated rings. The average molecular weight is 268 g/mol. The molecule has 0 N–H and O–H groups in total. The van der Waals surface area contributed by atoms with E-state index in [1.807, 2.05) is 13.8 Å². The fraction of sp³-hybridized carbons (Fsp3) is 0.400. The van der Waals surface area contributed by atoms with Gasteiger partial charge in [0, 0.05) is 5.92 Å². The predicted molar refractivity (Wildman–Crippen MR) is 90.5 cm³/mol. The van der Waals surface area contributed by atoms with Crippen molar-refractivity contribution in [3.8, 4) is 0 Å². The Morgan fingerprint density at radius 1 is 0.900 bits per heavy atom. The summed E-state index contributed by atoms with van der Waals surface area (Å²) < 4.78 is 0. The van der Waals surface area contributed by atoms with Crippen LogP contribution in [0.25, 0.3) is 0 Å². The number of benzene rings is 2. The Morgan fingerprint density at radius 3 is 2.20 bits per heavy atom. The third-order valence-corrected chi connectivity index (χ3v) is 3.59. The summed E-state index contributed by atoms with van der Waals surface area (Å²) in [6.07, 6.45) is 2.43. The van der Waals surface area contributed by atoms with Gasteiger partial charge in [-0.15, -0.1) is 0 Å². The van der Waals surface area contributed by atoms with E-state index >= 15 is 0 Å². The van der Waals surface area contributed by atoms with E-state index in [0.29, 0.717) is 5.92 Å². The lowest BCUT2D eigenvalue weighted by atomic mass is 9.85. The van der Waals surface area contributed by atoms with Gasteiger partial charge < -0.3 is 0 Å². The van der Waals surface area contributed by atoms with Crippen LogP contribution in [0.3, 0.4) is 0 Å². The van der Waals surface area contributed by atoms with Crippen LogP contribution < -0.4 is 0 Å². The summed E-state index contributed by atoms with van der Waals surface area (Å²) in [6, 6.07) is 17.7. The van der Waals surface area contributed by atoms with Gasteiger partial charge in [-0.1, -0.05) is 81.3 Å². The first-order valence-corrected chi connectivity index (χ1v) is 7.84. The molecule has 2 aromatic carbocycles. The fourth-order valence-corrected chi connectivity index (χ4v) is 2.66. The largest absolute Gasteiger partial charge is 0.0683 e. The van der Waals surface area contributed by atoms with Gasteiger partial charge in [-0.2, -0.15) is 0 Å². The Labute approximate surface area is 124 Å². The summed E-state index contributed by atoms with van der Waals surface area (Å²) in [6.45, 7) is 10.7. The molecule has 2 aromatic rings. The van der Waals surface area contributed by atoms with Gasteiger partial charge in [-0.05, 0) is 37.0 Å². The number of aryl methyl sites for hydroxylation is 2. The van der Waals surface area contributed by atoms with Gasteiger partial charge in [-0.25, -0.2) is 0 Å². The summed E-state index contributed by atoms with van der Waals surface area (Å²) in [4.78, 5) is 0. The summed E-state index contributed by atoms with van der Waals surface area (Å²) in [5.74, 6) is 0.538. The van der Waals surface area contributed by atoms with Gasteiger partial charge in [0.25, 0.3) is 0 Å². The van der Waals surface area contributed by atoms with Gasteiger partial charge >= 0.3 is 0 Å². The van der Waals surface area contributed by atoms with Crippen LogP contribution in [0.2, 0.25) is 0 Å². The number of hydrogen-bond donors (Lipinski definition) is 0. The minimum Gasteiger partial charge on any atom is -0.0683 e. The normalized spacial score (nSPS) is 11.4. The molecule has 0 heterocycles. The van der Waals surface area contributed by atoms with E-state index in [1.54, 1.807) is 0 Å². The molecule has 108 valence electrons. The van der Waals surface area contributed by atoms with E-state index in [2.05, 4.69) is 69.3 Å². The maximum Gasteiger partial charge on any atom is 0.00919 e. The van der Waals surface area contributed by atoms with Crippen LogP contribution in [0.1, 0.15) is 61.8 Å². The zero-order valence-electron chi connectivity index (χ0n) is 13.6. The zero-order valence-corrected chi connectivity index (χ0v) is 13.6. The summed E-state index contributed by atoms with van der Waals surface area (Å²) in [7, 11) is 0. The fourth-order valence-electron chi connectivity index (χ4n) is 2.66. The SMILES string of the molecule is CC.CCCC(c1cccc(C)c1)c1ccccc1C. The molecule has 0 nitrogen and oxygen atoms in total. The molecule has 0 spiro atoms. The van der Waals surface area contributed by atoms with Crippen LogP contribution in [0.4, 0.5) is 0 Å². The first kappa shape index (κ1) is 16.5. The van der Waals surface area contributed by atoms with E-state index in [4.69, 9.17) is 0 Å². The molecule has 0 aromatic heterocycles. The van der Waals surface area contributed by atoms with Crippen LogP contribution in [-0.2, 0) is 0 Å². The molecular formula is C20H28. The van der Waals surface area contributed by atoms with Crippen molar-refractivity contribution in [1.82, 2.24) is 0 Å². The van der Waals surface area contributed by atoms with E-state index in [-0.39, 0.29) is 0 Å². The molecule has 0 saturated carbocycles. The Kier molecular flexibility index (Phi) is 7.08. The summed E-state index contributed by atoms with van der Waals surface area (Å²) in [5, 5.41) is 0. The molecule has 0 radical (unpaired) electrons. The highest BCUT2D eigenvalue weighted by molar-refractivity contribution is 5.38. The number of hydrogen-bond acceptors (Lipinski definition) is 0. The minimum atomic E-state index is 0.538. The topological polar surface area (TPSA) is 0 Å². The van der Waals surface area contributed by atoms with Gasteiger partial charge in [0.05, 0.1) is 0 Å². The van der Waals surface area contributed by atoms with Crippen molar-refractivity contribution in [2.75, 3.05) is 0 Å². The van der Waals surface area contributed by atoms with Crippen molar-refractivity contribution >= 4 is 0 Å². The Morgan fingerprint density at radius 2 is 1.60 bits per heavy atom. The van der Waals surface area contributed by atoms with Crippen molar-refractivity contribution in [1.29, 1.82) is 0 Å². The third kappa shape index (κ3) is 4.23. The molecule has 0 bridgehead atoms. The van der Waals surface area contributed by atoms with Crippen LogP contribution in [0.5, 0.6) is 0 Å². The average Bonchev–Trinajstić information content (AvgIpc) is 2.48. The highest BCUT2D eigenvalue weighted by atomic mass is 14.2. The molecular weight excluding hydrogens is 240 g/mol. The van der Waals surface area contributed by atoms with Crippen molar-refractivity contribution in [2.45, 2.75) is 53.4 Å². The van der Waals surface area contributed by atoms with Crippen molar-refractivity contribution in [3.63, 3.8) is 0 Å². The molecule has 0 heteroatoms. The van der Waals surface area contributed by atoms with Crippen molar-refractivity contribution in [2.24, 2.45) is 0 Å². The summed E-state index contributed by atoms with van der Waals surface area (Å²) >= 11 is 0. The Balaban J connectivity index is 0.000000956. The zero-order chi connectivity index (χ0) is 15.0. The van der Waals surface area contributed by atoms with Crippen LogP contribution in [0, 0.1) is 13.8 Å². The quantitative estimate of drug-likeness (QED) is 0.613. The van der Waals surface area contributed by atoms with E-state index < -0.39 is 0 Å². The molecule has 1 unspecified atom stereocenters. The first-order valence-electron chi connectivity index (χ1n) is 7.84. The van der Waals surface area contributed by atoms with Crippen molar-refractivity contribution < 1.29 is 0 Å². The van der Waals surface area contributed by atoms with Gasteiger partial charge in [0.2, 0.25) is 0 Å². The van der Waals surface area contributed by atoms with Gasteiger partial charge in [-0.3, -0.25) is 0 Å². The first-order chi connectivity index (χ1) is 9.72. The molecule has 0 aliphatic rings. The minimum absolute atomic E-state index is 0.538. The molecule has 20 heavy (non-hydrogen) atoms. The van der Waals surface area contributed by atoms with Crippen LogP contribution in [0.15, 0.2) is 48.5 Å². The lowest BCUT2D eigenvalue weighted by Gasteiger charge is -2.20. The maximum absolute atomic E-state index is 2.33. The molecule has 2 rings (SSSR count). The molecule has 0 saturated heterocycles. The van der Waals surface area contributed by atoms with Crippen molar-refractivity contribution in [3.05, 3.63) is 70.8 Å². The van der Waals surface area contributed by atoms with Gasteiger partial charge in [0.15, 0.2) is 0 Å². The molecule has 0 aliphatic heterocycles. The summed E-state index contributed by atoms with van der Waals surface area (Å²) in [5.41, 5.74) is 5.68. The highest BCUT2D eigenvalue weighted by Crippen LogP contribution is 2.31.